The number of esters is 1. The molecule has 1 saturated heterocycles. The van der Waals surface area contributed by atoms with Crippen molar-refractivity contribution in [3.05, 3.63) is 12.7 Å². The molecule has 0 aromatic carbocycles. The fourth-order valence-corrected chi connectivity index (χ4v) is 0.653. The largest absolute Gasteiger partial charge is 0.433 e. The number of epoxide rings is 1. The summed E-state index contributed by atoms with van der Waals surface area (Å²) in [7, 11) is 0. The minimum atomic E-state index is -0.528. The molecule has 0 spiro atoms. The topological polar surface area (TPSA) is 48.1 Å². The van der Waals surface area contributed by atoms with Crippen LogP contribution >= 0.6 is 0 Å². The number of carbonyl (C=O) groups is 1. The van der Waals surface area contributed by atoms with E-state index in [0.717, 1.165) is 12.7 Å². The molecule has 68 valence electrons. The minimum absolute atomic E-state index is 0.190. The molecule has 2 unspecified atom stereocenters. The van der Waals surface area contributed by atoms with Crippen LogP contribution in [-0.2, 0) is 19.0 Å². The van der Waals surface area contributed by atoms with Crippen molar-refractivity contribution in [3.8, 4) is 0 Å². The van der Waals surface area contributed by atoms with Crippen LogP contribution in [0.4, 0.5) is 0 Å². The number of rotatable bonds is 5. The highest BCUT2D eigenvalue weighted by Crippen LogP contribution is 2.10. The third-order valence-corrected chi connectivity index (χ3v) is 1.37. The van der Waals surface area contributed by atoms with Crippen LogP contribution in [0.2, 0.25) is 0 Å². The van der Waals surface area contributed by atoms with Gasteiger partial charge in [0.2, 0.25) is 6.29 Å². The van der Waals surface area contributed by atoms with E-state index in [-0.39, 0.29) is 6.10 Å². The molecule has 1 rings (SSSR count). The Morgan fingerprint density at radius 2 is 2.58 bits per heavy atom. The van der Waals surface area contributed by atoms with Gasteiger partial charge in [-0.2, -0.15) is 0 Å². The van der Waals surface area contributed by atoms with Gasteiger partial charge in [-0.05, 0) is 6.92 Å². The lowest BCUT2D eigenvalue weighted by Crippen LogP contribution is -2.18. The van der Waals surface area contributed by atoms with E-state index >= 15 is 0 Å². The Bertz CT molecular complexity index is 174. The van der Waals surface area contributed by atoms with Crippen LogP contribution in [-0.4, -0.2) is 31.6 Å². The Labute approximate surface area is 71.1 Å². The van der Waals surface area contributed by atoms with Crippen molar-refractivity contribution in [2.24, 2.45) is 0 Å². The molecular weight excluding hydrogens is 160 g/mol. The fraction of sp³-hybridized carbons (Fsp3) is 0.625. The van der Waals surface area contributed by atoms with E-state index in [9.17, 15) is 4.79 Å². The Hall–Kier alpha value is -0.870. The van der Waals surface area contributed by atoms with Gasteiger partial charge in [0.1, 0.15) is 6.10 Å². The van der Waals surface area contributed by atoms with Crippen LogP contribution in [0.1, 0.15) is 6.92 Å². The van der Waals surface area contributed by atoms with Crippen molar-refractivity contribution < 1.29 is 19.0 Å². The molecule has 0 aromatic rings. The minimum Gasteiger partial charge on any atom is -0.433 e. The molecule has 12 heavy (non-hydrogen) atoms. The summed E-state index contributed by atoms with van der Waals surface area (Å²) >= 11 is 0. The zero-order valence-electron chi connectivity index (χ0n) is 6.99. The van der Waals surface area contributed by atoms with Gasteiger partial charge in [-0.25, -0.2) is 4.79 Å². The van der Waals surface area contributed by atoms with Crippen molar-refractivity contribution in [1.82, 2.24) is 0 Å². The molecule has 0 aliphatic carbocycles. The second-order valence-corrected chi connectivity index (χ2v) is 2.50. The molecule has 1 heterocycles. The Kier molecular flexibility index (Phi) is 3.25. The molecule has 0 radical (unpaired) electrons. The monoisotopic (exact) mass is 172 g/mol. The first kappa shape index (κ1) is 9.22. The lowest BCUT2D eigenvalue weighted by Gasteiger charge is -2.11. The van der Waals surface area contributed by atoms with Crippen LogP contribution in [0.5, 0.6) is 0 Å². The van der Waals surface area contributed by atoms with Gasteiger partial charge in [0.05, 0.1) is 13.2 Å². The maximum absolute atomic E-state index is 10.6. The molecule has 0 amide bonds. The van der Waals surface area contributed by atoms with Crippen LogP contribution < -0.4 is 0 Å². The average molecular weight is 172 g/mol. The molecule has 4 heteroatoms. The summed E-state index contributed by atoms with van der Waals surface area (Å²) in [6.07, 6.45) is 0.766. The first-order valence-electron chi connectivity index (χ1n) is 3.78. The van der Waals surface area contributed by atoms with Crippen LogP contribution in [0.3, 0.4) is 0 Å². The van der Waals surface area contributed by atoms with E-state index < -0.39 is 12.3 Å². The lowest BCUT2D eigenvalue weighted by molar-refractivity contribution is -0.169. The zero-order chi connectivity index (χ0) is 8.97. The zero-order valence-corrected chi connectivity index (χ0v) is 6.99. The second-order valence-electron chi connectivity index (χ2n) is 2.50. The summed E-state index contributed by atoms with van der Waals surface area (Å²) in [5.41, 5.74) is 0. The predicted molar refractivity (Wildman–Crippen MR) is 41.4 cm³/mol. The van der Waals surface area contributed by atoms with E-state index in [0.29, 0.717) is 6.61 Å². The van der Waals surface area contributed by atoms with E-state index in [1.807, 2.05) is 0 Å². The second kappa shape index (κ2) is 4.23. The summed E-state index contributed by atoms with van der Waals surface area (Å²) < 4.78 is 14.8. The van der Waals surface area contributed by atoms with Gasteiger partial charge >= 0.3 is 5.97 Å². The van der Waals surface area contributed by atoms with Crippen LogP contribution in [0, 0.1) is 0 Å². The molecule has 0 saturated carbocycles. The number of ether oxygens (including phenoxy) is 3. The number of hydrogen-bond acceptors (Lipinski definition) is 4. The maximum atomic E-state index is 10.6. The molecule has 0 aromatic heterocycles. The Morgan fingerprint density at radius 3 is 3.08 bits per heavy atom. The molecule has 0 bridgehead atoms. The number of carbonyl (C=O) groups excluding carboxylic acids is 1. The quantitative estimate of drug-likeness (QED) is 0.262. The standard InChI is InChI=1S/C8H12O4/c1-3-8(9)12-6(2)10-4-7-5-11-7/h3,6-7H,1,4-5H2,2H3. The maximum Gasteiger partial charge on any atom is 0.332 e. The number of hydrogen-bond donors (Lipinski definition) is 0. The SMILES string of the molecule is C=CC(=O)OC(C)OCC1CO1. The van der Waals surface area contributed by atoms with E-state index in [1.54, 1.807) is 6.92 Å². The van der Waals surface area contributed by atoms with E-state index in [1.165, 1.54) is 0 Å². The molecule has 1 aliphatic heterocycles. The van der Waals surface area contributed by atoms with E-state index in [2.05, 4.69) is 6.58 Å². The molecule has 1 fully saturated rings. The van der Waals surface area contributed by atoms with Crippen molar-refractivity contribution in [3.63, 3.8) is 0 Å². The van der Waals surface area contributed by atoms with Gasteiger partial charge in [0.15, 0.2) is 0 Å². The predicted octanol–water partition coefficient (Wildman–Crippen LogP) is 0.477. The summed E-state index contributed by atoms with van der Waals surface area (Å²) in [6, 6.07) is 0. The van der Waals surface area contributed by atoms with Crippen LogP contribution in [0.25, 0.3) is 0 Å². The highest BCUT2D eigenvalue weighted by Gasteiger charge is 2.23. The third kappa shape index (κ3) is 3.50. The Morgan fingerprint density at radius 1 is 1.92 bits per heavy atom. The van der Waals surface area contributed by atoms with Gasteiger partial charge in [0.25, 0.3) is 0 Å². The van der Waals surface area contributed by atoms with Gasteiger partial charge in [-0.15, -0.1) is 0 Å². The highest BCUT2D eigenvalue weighted by molar-refractivity contribution is 5.81. The molecule has 0 N–H and O–H groups in total. The first-order chi connectivity index (χ1) is 5.72. The fourth-order valence-electron chi connectivity index (χ4n) is 0.653. The van der Waals surface area contributed by atoms with Gasteiger partial charge < -0.3 is 14.2 Å². The first-order valence-corrected chi connectivity index (χ1v) is 3.78. The van der Waals surface area contributed by atoms with Crippen molar-refractivity contribution in [2.75, 3.05) is 13.2 Å². The smallest absolute Gasteiger partial charge is 0.332 e. The average Bonchev–Trinajstić information content (AvgIpc) is 2.83. The molecular formula is C8H12O4. The van der Waals surface area contributed by atoms with E-state index in [4.69, 9.17) is 14.2 Å². The van der Waals surface area contributed by atoms with Gasteiger partial charge in [-0.3, -0.25) is 0 Å². The highest BCUT2D eigenvalue weighted by atomic mass is 16.7. The summed E-state index contributed by atoms with van der Waals surface area (Å²) in [5, 5.41) is 0. The summed E-state index contributed by atoms with van der Waals surface area (Å²) in [6.45, 7) is 6.14. The van der Waals surface area contributed by atoms with Crippen molar-refractivity contribution in [1.29, 1.82) is 0 Å². The molecule has 4 nitrogen and oxygen atoms in total. The third-order valence-electron chi connectivity index (χ3n) is 1.37. The van der Waals surface area contributed by atoms with Gasteiger partial charge in [-0.1, -0.05) is 6.58 Å². The summed E-state index contributed by atoms with van der Waals surface area (Å²) in [5.74, 6) is -0.473. The normalized spacial score (nSPS) is 22.9. The lowest BCUT2D eigenvalue weighted by atomic mass is 10.5. The van der Waals surface area contributed by atoms with Crippen molar-refractivity contribution >= 4 is 5.97 Å². The Balaban J connectivity index is 2.05. The van der Waals surface area contributed by atoms with Crippen molar-refractivity contribution in [2.45, 2.75) is 19.3 Å². The van der Waals surface area contributed by atoms with Crippen LogP contribution in [0.15, 0.2) is 12.7 Å². The molecule has 2 atom stereocenters. The van der Waals surface area contributed by atoms with Gasteiger partial charge in [0, 0.05) is 6.08 Å². The summed E-state index contributed by atoms with van der Waals surface area (Å²) in [4.78, 5) is 10.6. The molecule has 1 aliphatic rings.